The summed E-state index contributed by atoms with van der Waals surface area (Å²) < 4.78 is 6.98. The van der Waals surface area contributed by atoms with Gasteiger partial charge in [-0.2, -0.15) is 0 Å². The molecule has 0 unspecified atom stereocenters. The zero-order valence-electron chi connectivity index (χ0n) is 28.0. The monoisotopic (exact) mass is 648 g/mol. The Bertz CT molecular complexity index is 2080. The third-order valence-electron chi connectivity index (χ3n) is 9.65. The van der Waals surface area contributed by atoms with Gasteiger partial charge in [-0.3, -0.25) is 4.79 Å². The minimum Gasteiger partial charge on any atom is -0.457 e. The summed E-state index contributed by atoms with van der Waals surface area (Å²) in [5, 5.41) is 0. The smallest absolute Gasteiger partial charge is 0.160 e. The van der Waals surface area contributed by atoms with Crippen LogP contribution in [0.4, 0.5) is 34.1 Å². The van der Waals surface area contributed by atoms with Crippen molar-refractivity contribution in [2.24, 2.45) is 0 Å². The number of ether oxygens (including phenoxy) is 1. The van der Waals surface area contributed by atoms with Crippen LogP contribution in [0.2, 0.25) is 0 Å². The molecule has 0 saturated carbocycles. The predicted octanol–water partition coefficient (Wildman–Crippen LogP) is 12.3. The van der Waals surface area contributed by atoms with E-state index in [1.54, 1.807) is 6.92 Å². The summed E-state index contributed by atoms with van der Waals surface area (Å²) >= 11 is 0. The second-order valence-corrected chi connectivity index (χ2v) is 12.7. The Morgan fingerprint density at radius 1 is 0.440 bits per heavy atom. The highest BCUT2D eigenvalue weighted by atomic mass is 16.5. The second-order valence-electron chi connectivity index (χ2n) is 12.7. The zero-order valence-corrected chi connectivity index (χ0v) is 28.0. The molecule has 7 aromatic rings. The van der Waals surface area contributed by atoms with Gasteiger partial charge in [-0.1, -0.05) is 109 Å². The second kappa shape index (κ2) is 12.9. The predicted molar refractivity (Wildman–Crippen MR) is 204 cm³/mol. The molecule has 1 aliphatic heterocycles. The standard InChI is InChI=1S/C46H36N2O2/c1-33(49)40-25-15-16-26-41(40)46(2)42-29-27-38(47(34-17-7-3-8-18-34)35-19-9-4-10-20-35)31-44(42)50-45-32-39(28-30-43(45)46)48(36-21-11-5-12-22-36)37-23-13-6-14-24-37/h3-32H,1-2H3. The number of anilines is 6. The van der Waals surface area contributed by atoms with Gasteiger partial charge in [-0.25, -0.2) is 0 Å². The molecule has 0 radical (unpaired) electrons. The first-order valence-corrected chi connectivity index (χ1v) is 16.9. The van der Waals surface area contributed by atoms with E-state index in [-0.39, 0.29) is 5.78 Å². The van der Waals surface area contributed by atoms with Gasteiger partial charge in [0.05, 0.1) is 5.41 Å². The highest BCUT2D eigenvalue weighted by molar-refractivity contribution is 5.97. The Balaban J connectivity index is 1.34. The van der Waals surface area contributed by atoms with Crippen molar-refractivity contribution < 1.29 is 9.53 Å². The van der Waals surface area contributed by atoms with Crippen molar-refractivity contribution in [3.63, 3.8) is 0 Å². The van der Waals surface area contributed by atoms with Crippen LogP contribution in [-0.4, -0.2) is 5.78 Å². The lowest BCUT2D eigenvalue weighted by molar-refractivity contribution is 0.101. The number of rotatable bonds is 8. The molecule has 0 amide bonds. The number of nitrogens with zero attached hydrogens (tertiary/aromatic N) is 2. The average Bonchev–Trinajstić information content (AvgIpc) is 3.17. The minimum absolute atomic E-state index is 0.0308. The van der Waals surface area contributed by atoms with Crippen LogP contribution in [0.15, 0.2) is 182 Å². The third-order valence-corrected chi connectivity index (χ3v) is 9.65. The van der Waals surface area contributed by atoms with Gasteiger partial charge in [-0.15, -0.1) is 0 Å². The van der Waals surface area contributed by atoms with Crippen LogP contribution >= 0.6 is 0 Å². The summed E-state index contributed by atoms with van der Waals surface area (Å²) in [6.07, 6.45) is 0. The fraction of sp³-hybridized carbons (Fsp3) is 0.0652. The van der Waals surface area contributed by atoms with Crippen LogP contribution in [0.1, 0.15) is 40.9 Å². The quantitative estimate of drug-likeness (QED) is 0.154. The molecule has 0 bridgehead atoms. The summed E-state index contributed by atoms with van der Waals surface area (Å²) in [5.74, 6) is 1.52. The maximum absolute atomic E-state index is 13.1. The summed E-state index contributed by atoms with van der Waals surface area (Å²) in [6.45, 7) is 3.86. The molecular formula is C46H36N2O2. The number of hydrogen-bond donors (Lipinski definition) is 0. The number of fused-ring (bicyclic) bond motifs is 2. The largest absolute Gasteiger partial charge is 0.457 e. The molecule has 0 atom stereocenters. The first kappa shape index (κ1) is 30.9. The maximum Gasteiger partial charge on any atom is 0.160 e. The number of benzene rings is 7. The molecule has 0 N–H and O–H groups in total. The molecule has 0 aliphatic carbocycles. The van der Waals surface area contributed by atoms with Crippen molar-refractivity contribution in [3.05, 3.63) is 204 Å². The number of para-hydroxylation sites is 4. The lowest BCUT2D eigenvalue weighted by Gasteiger charge is -2.40. The molecule has 8 rings (SSSR count). The SMILES string of the molecule is CC(=O)c1ccccc1C1(C)c2ccc(N(c3ccccc3)c3ccccc3)cc2Oc2cc(N(c3ccccc3)c3ccccc3)ccc21. The summed E-state index contributed by atoms with van der Waals surface area (Å²) in [7, 11) is 0. The maximum atomic E-state index is 13.1. The normalized spacial score (nSPS) is 12.6. The van der Waals surface area contributed by atoms with E-state index in [2.05, 4.69) is 156 Å². The van der Waals surface area contributed by atoms with Crippen molar-refractivity contribution >= 4 is 39.9 Å². The molecule has 7 aromatic carbocycles. The molecule has 1 aliphatic rings. The zero-order chi connectivity index (χ0) is 34.1. The van der Waals surface area contributed by atoms with Gasteiger partial charge in [0.2, 0.25) is 0 Å². The minimum atomic E-state index is -0.684. The lowest BCUT2D eigenvalue weighted by Crippen LogP contribution is -2.31. The number of hydrogen-bond acceptors (Lipinski definition) is 4. The van der Waals surface area contributed by atoms with E-state index in [0.717, 1.165) is 62.3 Å². The van der Waals surface area contributed by atoms with Crippen LogP contribution in [-0.2, 0) is 5.41 Å². The van der Waals surface area contributed by atoms with E-state index in [4.69, 9.17) is 4.74 Å². The number of carbonyl (C=O) groups excluding carboxylic acids is 1. The fourth-order valence-corrected chi connectivity index (χ4v) is 7.28. The molecule has 0 saturated heterocycles. The topological polar surface area (TPSA) is 32.8 Å². The molecule has 4 heteroatoms. The molecule has 4 nitrogen and oxygen atoms in total. The van der Waals surface area contributed by atoms with E-state index in [0.29, 0.717) is 5.56 Å². The highest BCUT2D eigenvalue weighted by Crippen LogP contribution is 2.55. The molecule has 242 valence electrons. The number of ketones is 1. The van der Waals surface area contributed by atoms with Crippen LogP contribution in [0.3, 0.4) is 0 Å². The van der Waals surface area contributed by atoms with E-state index < -0.39 is 5.41 Å². The van der Waals surface area contributed by atoms with Crippen LogP contribution in [0.25, 0.3) is 0 Å². The first-order valence-electron chi connectivity index (χ1n) is 16.9. The van der Waals surface area contributed by atoms with Crippen LogP contribution in [0, 0.1) is 0 Å². The molecule has 0 spiro atoms. The summed E-state index contributed by atoms with van der Waals surface area (Å²) in [4.78, 5) is 17.6. The number of Topliss-reactive ketones (excluding diaryl/α,β-unsaturated/α-hetero) is 1. The van der Waals surface area contributed by atoms with Crippen molar-refractivity contribution in [2.45, 2.75) is 19.3 Å². The van der Waals surface area contributed by atoms with Crippen molar-refractivity contribution in [1.82, 2.24) is 0 Å². The van der Waals surface area contributed by atoms with E-state index in [1.807, 2.05) is 42.5 Å². The third kappa shape index (κ3) is 5.41. The molecule has 0 aromatic heterocycles. The Kier molecular flexibility index (Phi) is 7.98. The van der Waals surface area contributed by atoms with E-state index in [1.165, 1.54) is 0 Å². The highest BCUT2D eigenvalue weighted by Gasteiger charge is 2.42. The van der Waals surface area contributed by atoms with Gasteiger partial charge >= 0.3 is 0 Å². The fourth-order valence-electron chi connectivity index (χ4n) is 7.28. The van der Waals surface area contributed by atoms with Gasteiger partial charge < -0.3 is 14.5 Å². The summed E-state index contributed by atoms with van der Waals surface area (Å²) in [5.41, 5.74) is 9.08. The Morgan fingerprint density at radius 3 is 1.18 bits per heavy atom. The Morgan fingerprint density at radius 2 is 0.800 bits per heavy atom. The molecule has 50 heavy (non-hydrogen) atoms. The van der Waals surface area contributed by atoms with Gasteiger partial charge in [0.15, 0.2) is 5.78 Å². The van der Waals surface area contributed by atoms with Gasteiger partial charge in [-0.05, 0) is 80.1 Å². The Hall–Kier alpha value is -6.39. The van der Waals surface area contributed by atoms with Gasteiger partial charge in [0, 0.05) is 62.9 Å². The summed E-state index contributed by atoms with van der Waals surface area (Å²) in [6, 6.07) is 62.3. The van der Waals surface area contributed by atoms with Crippen molar-refractivity contribution in [3.8, 4) is 11.5 Å². The van der Waals surface area contributed by atoms with Crippen LogP contribution < -0.4 is 14.5 Å². The average molecular weight is 649 g/mol. The lowest BCUT2D eigenvalue weighted by atomic mass is 9.67. The number of carbonyl (C=O) groups is 1. The van der Waals surface area contributed by atoms with Gasteiger partial charge in [0.25, 0.3) is 0 Å². The van der Waals surface area contributed by atoms with Crippen molar-refractivity contribution in [1.29, 1.82) is 0 Å². The van der Waals surface area contributed by atoms with E-state index in [9.17, 15) is 4.79 Å². The first-order chi connectivity index (χ1) is 24.5. The van der Waals surface area contributed by atoms with Crippen molar-refractivity contribution in [2.75, 3.05) is 9.80 Å². The molecule has 0 fully saturated rings. The molecule has 1 heterocycles. The Labute approximate surface area is 293 Å². The van der Waals surface area contributed by atoms with Gasteiger partial charge in [0.1, 0.15) is 11.5 Å². The van der Waals surface area contributed by atoms with Crippen LogP contribution in [0.5, 0.6) is 11.5 Å². The molecular weight excluding hydrogens is 613 g/mol. The van der Waals surface area contributed by atoms with E-state index >= 15 is 0 Å².